The van der Waals surface area contributed by atoms with Gasteiger partial charge in [-0.2, -0.15) is 0 Å². The Hall–Kier alpha value is -0.770. The van der Waals surface area contributed by atoms with Gasteiger partial charge in [-0.15, -0.1) is 0 Å². The highest BCUT2D eigenvalue weighted by Crippen LogP contribution is 2.26. The second-order valence-corrected chi connectivity index (χ2v) is 4.27. The average molecular weight is 243 g/mol. The molecule has 0 amide bonds. The Morgan fingerprint density at radius 1 is 1.31 bits per heavy atom. The molecule has 0 aliphatic carbocycles. The molecule has 88 valence electrons. The van der Waals surface area contributed by atoms with E-state index >= 15 is 0 Å². The van der Waals surface area contributed by atoms with Gasteiger partial charge in [-0.1, -0.05) is 23.7 Å². The molecule has 3 nitrogen and oxygen atoms in total. The molecular formula is C12H15ClO3. The van der Waals surface area contributed by atoms with E-state index in [2.05, 4.69) is 0 Å². The van der Waals surface area contributed by atoms with Crippen LogP contribution in [-0.4, -0.2) is 25.6 Å². The van der Waals surface area contributed by atoms with E-state index in [1.165, 1.54) is 0 Å². The van der Waals surface area contributed by atoms with Gasteiger partial charge in [0.15, 0.2) is 5.79 Å². The summed E-state index contributed by atoms with van der Waals surface area (Å²) in [6.45, 7) is 3.77. The topological polar surface area (TPSA) is 27.7 Å². The lowest BCUT2D eigenvalue weighted by Gasteiger charge is -2.22. The van der Waals surface area contributed by atoms with Crippen molar-refractivity contribution in [3.05, 3.63) is 29.3 Å². The van der Waals surface area contributed by atoms with Crippen molar-refractivity contribution in [2.24, 2.45) is 0 Å². The molecule has 0 aromatic heterocycles. The molecule has 1 aliphatic heterocycles. The Bertz CT molecular complexity index is 348. The summed E-state index contributed by atoms with van der Waals surface area (Å²) in [5, 5.41) is 0.626. The van der Waals surface area contributed by atoms with Crippen LogP contribution in [0.4, 0.5) is 0 Å². The fraction of sp³-hybridized carbons (Fsp3) is 0.500. The number of hydrogen-bond acceptors (Lipinski definition) is 3. The monoisotopic (exact) mass is 242 g/mol. The summed E-state index contributed by atoms with van der Waals surface area (Å²) in [4.78, 5) is 0. The van der Waals surface area contributed by atoms with E-state index in [1.54, 1.807) is 6.07 Å². The highest BCUT2D eigenvalue weighted by molar-refractivity contribution is 6.32. The zero-order chi connectivity index (χ0) is 11.4. The zero-order valence-electron chi connectivity index (χ0n) is 9.24. The normalized spacial score (nSPS) is 18.6. The Balaban J connectivity index is 1.82. The van der Waals surface area contributed by atoms with Crippen molar-refractivity contribution < 1.29 is 14.2 Å². The van der Waals surface area contributed by atoms with Gasteiger partial charge in [-0.3, -0.25) is 0 Å². The van der Waals surface area contributed by atoms with Gasteiger partial charge in [0.1, 0.15) is 5.75 Å². The molecule has 16 heavy (non-hydrogen) atoms. The van der Waals surface area contributed by atoms with Crippen LogP contribution in [0, 0.1) is 0 Å². The maximum atomic E-state index is 5.97. The third kappa shape index (κ3) is 2.88. The molecule has 1 fully saturated rings. The Labute approximate surface area is 100 Å². The minimum atomic E-state index is -0.499. The van der Waals surface area contributed by atoms with Crippen LogP contribution in [0.2, 0.25) is 5.02 Å². The molecule has 0 radical (unpaired) electrons. The highest BCUT2D eigenvalue weighted by Gasteiger charge is 2.30. The van der Waals surface area contributed by atoms with Crippen LogP contribution < -0.4 is 4.74 Å². The van der Waals surface area contributed by atoms with Gasteiger partial charge in [0.2, 0.25) is 0 Å². The average Bonchev–Trinajstić information content (AvgIpc) is 2.68. The second-order valence-electron chi connectivity index (χ2n) is 3.86. The van der Waals surface area contributed by atoms with Crippen molar-refractivity contribution in [1.82, 2.24) is 0 Å². The SMILES string of the molecule is CC1(CCOc2ccccc2Cl)OCCO1. The van der Waals surface area contributed by atoms with Gasteiger partial charge in [0, 0.05) is 6.42 Å². The summed E-state index contributed by atoms with van der Waals surface area (Å²) < 4.78 is 16.5. The largest absolute Gasteiger partial charge is 0.492 e. The number of ether oxygens (including phenoxy) is 3. The van der Waals surface area contributed by atoms with Gasteiger partial charge >= 0.3 is 0 Å². The minimum absolute atomic E-state index is 0.499. The minimum Gasteiger partial charge on any atom is -0.492 e. The fourth-order valence-corrected chi connectivity index (χ4v) is 1.80. The molecule has 0 atom stereocenters. The van der Waals surface area contributed by atoms with Crippen LogP contribution in [-0.2, 0) is 9.47 Å². The molecule has 0 spiro atoms. The van der Waals surface area contributed by atoms with Crippen LogP contribution in [0.3, 0.4) is 0 Å². The molecule has 1 aromatic rings. The summed E-state index contributed by atoms with van der Waals surface area (Å²) >= 11 is 5.97. The third-order valence-corrected chi connectivity index (χ3v) is 2.86. The predicted octanol–water partition coefficient (Wildman–Crippen LogP) is 2.87. The van der Waals surface area contributed by atoms with Gasteiger partial charge in [0.25, 0.3) is 0 Å². The van der Waals surface area contributed by atoms with Crippen molar-refractivity contribution in [2.75, 3.05) is 19.8 Å². The van der Waals surface area contributed by atoms with Gasteiger partial charge in [0.05, 0.1) is 24.8 Å². The van der Waals surface area contributed by atoms with E-state index in [4.69, 9.17) is 25.8 Å². The van der Waals surface area contributed by atoms with Crippen molar-refractivity contribution in [2.45, 2.75) is 19.1 Å². The molecular weight excluding hydrogens is 228 g/mol. The summed E-state index contributed by atoms with van der Waals surface area (Å²) in [5.41, 5.74) is 0. The molecule has 4 heteroatoms. The molecule has 0 saturated carbocycles. The number of rotatable bonds is 4. The second kappa shape index (κ2) is 5.04. The number of benzene rings is 1. The first-order valence-corrected chi connectivity index (χ1v) is 5.73. The van der Waals surface area contributed by atoms with Gasteiger partial charge in [-0.25, -0.2) is 0 Å². The van der Waals surface area contributed by atoms with E-state index in [9.17, 15) is 0 Å². The molecule has 2 rings (SSSR count). The van der Waals surface area contributed by atoms with Crippen molar-refractivity contribution in [3.63, 3.8) is 0 Å². The van der Waals surface area contributed by atoms with Crippen molar-refractivity contribution in [1.29, 1.82) is 0 Å². The number of halogens is 1. The maximum absolute atomic E-state index is 5.97. The molecule has 1 aromatic carbocycles. The van der Waals surface area contributed by atoms with Gasteiger partial charge < -0.3 is 14.2 Å². The zero-order valence-corrected chi connectivity index (χ0v) is 10.00. The molecule has 0 bridgehead atoms. The van der Waals surface area contributed by atoms with Crippen molar-refractivity contribution in [3.8, 4) is 5.75 Å². The van der Waals surface area contributed by atoms with E-state index in [0.717, 1.165) is 0 Å². The quantitative estimate of drug-likeness (QED) is 0.813. The molecule has 1 saturated heterocycles. The lowest BCUT2D eigenvalue weighted by Crippen LogP contribution is -2.27. The lowest BCUT2D eigenvalue weighted by molar-refractivity contribution is -0.150. The maximum Gasteiger partial charge on any atom is 0.168 e. The number of hydrogen-bond donors (Lipinski definition) is 0. The highest BCUT2D eigenvalue weighted by atomic mass is 35.5. The van der Waals surface area contributed by atoms with E-state index in [1.807, 2.05) is 25.1 Å². The lowest BCUT2D eigenvalue weighted by atomic mass is 10.2. The summed E-state index contributed by atoms with van der Waals surface area (Å²) in [6.07, 6.45) is 0.693. The van der Waals surface area contributed by atoms with Crippen LogP contribution in [0.15, 0.2) is 24.3 Å². The Morgan fingerprint density at radius 2 is 2.00 bits per heavy atom. The van der Waals surface area contributed by atoms with Crippen LogP contribution >= 0.6 is 11.6 Å². The Kier molecular flexibility index (Phi) is 3.69. The first-order chi connectivity index (χ1) is 7.70. The van der Waals surface area contributed by atoms with Crippen LogP contribution in [0.5, 0.6) is 5.75 Å². The first kappa shape index (κ1) is 11.7. The summed E-state index contributed by atoms with van der Waals surface area (Å²) in [7, 11) is 0. The van der Waals surface area contributed by atoms with Gasteiger partial charge in [-0.05, 0) is 19.1 Å². The first-order valence-electron chi connectivity index (χ1n) is 5.35. The molecule has 0 unspecified atom stereocenters. The molecule has 0 N–H and O–H groups in total. The van der Waals surface area contributed by atoms with E-state index in [0.29, 0.717) is 37.0 Å². The number of para-hydroxylation sites is 1. The predicted molar refractivity (Wildman–Crippen MR) is 61.9 cm³/mol. The van der Waals surface area contributed by atoms with Crippen LogP contribution in [0.1, 0.15) is 13.3 Å². The Morgan fingerprint density at radius 3 is 2.69 bits per heavy atom. The summed E-state index contributed by atoms with van der Waals surface area (Å²) in [6, 6.07) is 7.42. The molecule has 1 heterocycles. The van der Waals surface area contributed by atoms with Crippen LogP contribution in [0.25, 0.3) is 0 Å². The standard InChI is InChI=1S/C12H15ClO3/c1-12(15-8-9-16-12)6-7-14-11-5-3-2-4-10(11)13/h2-5H,6-9H2,1H3. The fourth-order valence-electron chi connectivity index (χ4n) is 1.61. The third-order valence-electron chi connectivity index (χ3n) is 2.55. The molecule has 1 aliphatic rings. The van der Waals surface area contributed by atoms with E-state index < -0.39 is 5.79 Å². The van der Waals surface area contributed by atoms with E-state index in [-0.39, 0.29) is 0 Å². The smallest absolute Gasteiger partial charge is 0.168 e. The van der Waals surface area contributed by atoms with Crippen molar-refractivity contribution >= 4 is 11.6 Å². The summed E-state index contributed by atoms with van der Waals surface area (Å²) in [5.74, 6) is 0.201.